The van der Waals surface area contributed by atoms with E-state index in [-0.39, 0.29) is 11.8 Å². The number of hydrogen-bond acceptors (Lipinski definition) is 9. The van der Waals surface area contributed by atoms with Crippen molar-refractivity contribution in [2.45, 2.75) is 43.8 Å². The molecule has 0 aliphatic carbocycles. The normalized spacial score (nSPS) is 15.6. The highest BCUT2D eigenvalue weighted by atomic mass is 35.5. The van der Waals surface area contributed by atoms with Crippen LogP contribution in [0.15, 0.2) is 29.7 Å². The minimum atomic E-state index is -2.74. The maximum Gasteiger partial charge on any atom is 0.336 e. The maximum absolute atomic E-state index is 11.1. The van der Waals surface area contributed by atoms with Crippen LogP contribution in [0.5, 0.6) is 0 Å². The molecule has 1 fully saturated rings. The van der Waals surface area contributed by atoms with E-state index in [1.165, 1.54) is 31.7 Å². The van der Waals surface area contributed by atoms with Gasteiger partial charge in [-0.2, -0.15) is 4.73 Å². The number of aliphatic carboxylic acids is 3. The third-order valence-electron chi connectivity index (χ3n) is 4.63. The highest BCUT2D eigenvalue weighted by Crippen LogP contribution is 2.15. The van der Waals surface area contributed by atoms with Crippen LogP contribution < -0.4 is 4.73 Å². The summed E-state index contributed by atoms with van der Waals surface area (Å²) in [5.74, 6) is -5.02. The van der Waals surface area contributed by atoms with Crippen molar-refractivity contribution in [1.82, 2.24) is 4.90 Å². The molecule has 1 saturated heterocycles. The van der Waals surface area contributed by atoms with Crippen LogP contribution in [-0.2, 0) is 19.2 Å². The van der Waals surface area contributed by atoms with Crippen LogP contribution in [0.3, 0.4) is 0 Å². The number of carbonyl (C=O) groups is 3. The van der Waals surface area contributed by atoms with Gasteiger partial charge < -0.3 is 40.5 Å². The second-order valence-electron chi connectivity index (χ2n) is 7.62. The number of rotatable bonds is 11. The monoisotopic (exact) mass is 505 g/mol. The smallest absolute Gasteiger partial charge is 0.336 e. The Bertz CT molecular complexity index is 845. The highest BCUT2D eigenvalue weighted by Gasteiger charge is 2.40. The zero-order valence-electron chi connectivity index (χ0n) is 18.2. The van der Waals surface area contributed by atoms with Crippen molar-refractivity contribution < 1.29 is 49.5 Å². The Labute approximate surface area is 200 Å². The van der Waals surface area contributed by atoms with E-state index in [4.69, 9.17) is 36.9 Å². The Morgan fingerprint density at radius 3 is 2.26 bits per heavy atom. The molecule has 1 aliphatic rings. The minimum Gasteiger partial charge on any atom is -0.619 e. The van der Waals surface area contributed by atoms with Gasteiger partial charge in [-0.05, 0) is 32.0 Å². The minimum absolute atomic E-state index is 0.0803. The molecule has 0 aromatic carbocycles. The average molecular weight is 506 g/mol. The number of piperidine rings is 1. The molecule has 0 spiro atoms. The van der Waals surface area contributed by atoms with Gasteiger partial charge >= 0.3 is 17.9 Å². The lowest BCUT2D eigenvalue weighted by molar-refractivity contribution is -0.605. The van der Waals surface area contributed by atoms with Crippen LogP contribution in [0.1, 0.15) is 37.7 Å². The Kier molecular flexibility index (Phi) is 12.2. The summed E-state index contributed by atoms with van der Waals surface area (Å²) < 4.78 is 0.637. The highest BCUT2D eigenvalue weighted by molar-refractivity contribution is 6.69. The van der Waals surface area contributed by atoms with Gasteiger partial charge in [-0.3, -0.25) is 9.59 Å². The number of likely N-dealkylation sites (tertiary alicyclic amines) is 1. The molecule has 14 heteroatoms. The van der Waals surface area contributed by atoms with E-state index in [9.17, 15) is 24.7 Å². The molecule has 1 unspecified atom stereocenters. The van der Waals surface area contributed by atoms with Gasteiger partial charge in [-0.25, -0.2) is 4.79 Å². The second kappa shape index (κ2) is 14.3. The summed E-state index contributed by atoms with van der Waals surface area (Å²) >= 11 is 5.93. The first-order valence-corrected chi connectivity index (χ1v) is 10.6. The fraction of sp³-hybridized carbons (Fsp3) is 0.550. The summed E-state index contributed by atoms with van der Waals surface area (Å²) in [5, 5.41) is 58.6. The van der Waals surface area contributed by atoms with Gasteiger partial charge in [0.2, 0.25) is 0 Å². The largest absolute Gasteiger partial charge is 0.619 e. The maximum atomic E-state index is 11.1. The Morgan fingerprint density at radius 1 is 1.18 bits per heavy atom. The molecule has 13 nitrogen and oxygen atoms in total. The lowest BCUT2D eigenvalue weighted by atomic mass is 9.96. The zero-order valence-corrected chi connectivity index (χ0v) is 19.0. The van der Waals surface area contributed by atoms with E-state index in [0.717, 1.165) is 13.1 Å². The van der Waals surface area contributed by atoms with Crippen molar-refractivity contribution in [2.24, 2.45) is 5.16 Å². The lowest BCUT2D eigenvalue weighted by Crippen LogP contribution is -2.42. The van der Waals surface area contributed by atoms with Crippen LogP contribution in [0, 0.1) is 5.21 Å². The zero-order chi connectivity index (χ0) is 25.7. The Hall–Kier alpha value is -3.00. The molecule has 34 heavy (non-hydrogen) atoms. The quantitative estimate of drug-likeness (QED) is 0.115. The average Bonchev–Trinajstić information content (AvgIpc) is 2.73. The molecular weight excluding hydrogens is 478 g/mol. The number of aromatic nitrogens is 1. The van der Waals surface area contributed by atoms with Gasteiger partial charge in [0.15, 0.2) is 23.2 Å². The molecule has 1 aliphatic heterocycles. The van der Waals surface area contributed by atoms with Crippen molar-refractivity contribution in [3.05, 3.63) is 35.3 Å². The van der Waals surface area contributed by atoms with Crippen molar-refractivity contribution in [1.29, 1.82) is 0 Å². The number of β-amino-alcohol motifs (C(OH)–C–C–N with tert-alkyl or cyclic N) is 1. The van der Waals surface area contributed by atoms with Crippen molar-refractivity contribution >= 4 is 34.7 Å². The molecule has 2 heterocycles. The number of aliphatic hydroxyl groups is 2. The number of halogens is 1. The Balaban J connectivity index is 0.000000385. The number of pyridine rings is 1. The van der Waals surface area contributed by atoms with Gasteiger partial charge in [0.05, 0.1) is 18.4 Å². The van der Waals surface area contributed by atoms with E-state index in [1.807, 2.05) is 0 Å². The molecule has 2 rings (SSSR count). The van der Waals surface area contributed by atoms with Crippen LogP contribution in [-0.4, -0.2) is 91.5 Å². The van der Waals surface area contributed by atoms with Gasteiger partial charge in [0.25, 0.3) is 0 Å². The standard InChI is InChI=1S/C14H20ClN3O3.C6H8O7/c15-14(12-5-4-8-18(20)9-12)16-21-11-13(19)10-17-6-2-1-3-7-17;7-3(8)1-6(13,5(11)12)2-4(9)10/h4-5,8-9,13,19H,1-3,6-7,10-11H2;13H,1-2H2,(H,7,8)(H,9,10)(H,11,12). The summed E-state index contributed by atoms with van der Waals surface area (Å²) in [6.07, 6.45) is 3.40. The number of hydrogen-bond donors (Lipinski definition) is 5. The van der Waals surface area contributed by atoms with E-state index in [2.05, 4.69) is 10.1 Å². The number of aliphatic hydroxyl groups excluding tert-OH is 1. The lowest BCUT2D eigenvalue weighted by Gasteiger charge is -2.27. The van der Waals surface area contributed by atoms with Crippen LogP contribution in [0.4, 0.5) is 0 Å². The predicted molar refractivity (Wildman–Crippen MR) is 117 cm³/mol. The summed E-state index contributed by atoms with van der Waals surface area (Å²) in [6.45, 7) is 2.71. The van der Waals surface area contributed by atoms with Crippen molar-refractivity contribution in [3.8, 4) is 0 Å². The molecule has 1 aromatic rings. The van der Waals surface area contributed by atoms with Crippen LogP contribution >= 0.6 is 11.6 Å². The van der Waals surface area contributed by atoms with E-state index in [0.29, 0.717) is 16.8 Å². The van der Waals surface area contributed by atoms with E-state index < -0.39 is 42.5 Å². The molecule has 0 bridgehead atoms. The topological polar surface area (TPSA) is 204 Å². The summed E-state index contributed by atoms with van der Waals surface area (Å²) in [4.78, 5) is 37.8. The molecule has 0 amide bonds. The third-order valence-corrected chi connectivity index (χ3v) is 4.92. The first kappa shape index (κ1) is 29.0. The van der Waals surface area contributed by atoms with Crippen molar-refractivity contribution in [3.63, 3.8) is 0 Å². The molecule has 1 aromatic heterocycles. The van der Waals surface area contributed by atoms with E-state index in [1.54, 1.807) is 12.1 Å². The molecule has 190 valence electrons. The molecule has 0 radical (unpaired) electrons. The molecule has 1 atom stereocenters. The summed E-state index contributed by atoms with van der Waals surface area (Å²) in [5.41, 5.74) is -2.27. The first-order chi connectivity index (χ1) is 15.9. The number of nitrogens with zero attached hydrogens (tertiary/aromatic N) is 3. The van der Waals surface area contributed by atoms with Gasteiger partial charge in [0.1, 0.15) is 12.7 Å². The second-order valence-corrected chi connectivity index (χ2v) is 7.98. The molecule has 0 saturated carbocycles. The third kappa shape index (κ3) is 11.2. The predicted octanol–water partition coefficient (Wildman–Crippen LogP) is -0.165. The van der Waals surface area contributed by atoms with Crippen LogP contribution in [0.2, 0.25) is 0 Å². The van der Waals surface area contributed by atoms with Gasteiger partial charge in [-0.1, -0.05) is 23.2 Å². The fourth-order valence-corrected chi connectivity index (χ4v) is 3.18. The van der Waals surface area contributed by atoms with E-state index >= 15 is 0 Å². The van der Waals surface area contributed by atoms with Crippen LogP contribution in [0.25, 0.3) is 0 Å². The molecular formula is C20H28ClN3O10. The SMILES string of the molecule is O=C(O)CC(O)(CC(=O)O)C(=O)O.[O-][n+]1cccc(C(Cl)=NOCC(O)CN2CCCCC2)c1. The Morgan fingerprint density at radius 2 is 1.76 bits per heavy atom. The summed E-state index contributed by atoms with van der Waals surface area (Å²) in [6, 6.07) is 3.24. The van der Waals surface area contributed by atoms with Gasteiger partial charge in [0, 0.05) is 12.6 Å². The van der Waals surface area contributed by atoms with Gasteiger partial charge in [-0.15, -0.1) is 0 Å². The number of carboxylic acid groups (broad SMARTS) is 3. The molecule has 5 N–H and O–H groups in total. The number of carboxylic acids is 3. The van der Waals surface area contributed by atoms with Crippen molar-refractivity contribution in [2.75, 3.05) is 26.2 Å². The summed E-state index contributed by atoms with van der Waals surface area (Å²) in [7, 11) is 0. The first-order valence-electron chi connectivity index (χ1n) is 10.3. The number of oxime groups is 1. The fourth-order valence-electron chi connectivity index (χ4n) is 3.02.